The lowest BCUT2D eigenvalue weighted by Crippen LogP contribution is -2.26. The summed E-state index contributed by atoms with van der Waals surface area (Å²) in [6.07, 6.45) is 0.571. The zero-order chi connectivity index (χ0) is 28.0. The summed E-state index contributed by atoms with van der Waals surface area (Å²) >= 11 is 0. The van der Waals surface area contributed by atoms with Crippen LogP contribution in [-0.4, -0.2) is 23.5 Å². The van der Waals surface area contributed by atoms with Gasteiger partial charge in [0.2, 0.25) is 0 Å². The van der Waals surface area contributed by atoms with Crippen molar-refractivity contribution in [2.75, 3.05) is 6.54 Å². The Kier molecular flexibility index (Phi) is 9.37. The molecule has 0 aliphatic heterocycles. The van der Waals surface area contributed by atoms with Crippen LogP contribution in [0.5, 0.6) is 5.75 Å². The highest BCUT2D eigenvalue weighted by Gasteiger charge is 2.19. The third-order valence-electron chi connectivity index (χ3n) is 6.68. The van der Waals surface area contributed by atoms with E-state index in [9.17, 15) is 9.59 Å². The van der Waals surface area contributed by atoms with Crippen LogP contribution in [0.4, 0.5) is 0 Å². The average molecular weight is 516 g/mol. The summed E-state index contributed by atoms with van der Waals surface area (Å²) in [6, 6.07) is 20.4. The molecule has 0 bridgehead atoms. The number of ether oxygens (including phenoxy) is 1. The minimum atomic E-state index is -0.939. The van der Waals surface area contributed by atoms with Crippen LogP contribution in [0.2, 0.25) is 0 Å². The lowest BCUT2D eigenvalue weighted by molar-refractivity contribution is -0.136. The molecule has 0 spiro atoms. The first kappa shape index (κ1) is 29.0. The first-order valence-corrected chi connectivity index (χ1v) is 13.3. The second-order valence-electron chi connectivity index (χ2n) is 11.5. The third kappa shape index (κ3) is 7.70. The number of rotatable bonds is 10. The van der Waals surface area contributed by atoms with Crippen LogP contribution in [0.1, 0.15) is 86.2 Å². The molecule has 0 radical (unpaired) electrons. The fraction of sp³-hybridized carbons (Fsp3) is 0.394. The molecule has 0 fully saturated rings. The molecule has 3 aromatic carbocycles. The molecule has 0 aromatic heterocycles. The highest BCUT2D eigenvalue weighted by atomic mass is 16.5. The smallest absolute Gasteiger partial charge is 0.305 e. The highest BCUT2D eigenvalue weighted by Crippen LogP contribution is 2.35. The topological polar surface area (TPSA) is 75.6 Å². The van der Waals surface area contributed by atoms with E-state index in [1.165, 1.54) is 27.8 Å². The van der Waals surface area contributed by atoms with E-state index in [4.69, 9.17) is 9.84 Å². The van der Waals surface area contributed by atoms with Crippen LogP contribution in [0.15, 0.2) is 60.7 Å². The molecule has 0 saturated heterocycles. The van der Waals surface area contributed by atoms with Crippen molar-refractivity contribution in [2.45, 2.75) is 72.8 Å². The Morgan fingerprint density at radius 2 is 1.50 bits per heavy atom. The molecule has 0 aliphatic rings. The fourth-order valence-electron chi connectivity index (χ4n) is 4.66. The monoisotopic (exact) mass is 515 g/mol. The first-order valence-electron chi connectivity index (χ1n) is 13.3. The number of amides is 1. The summed E-state index contributed by atoms with van der Waals surface area (Å²) < 4.78 is 6.55. The maximum absolute atomic E-state index is 12.3. The number of aliphatic carboxylic acids is 1. The summed E-state index contributed by atoms with van der Waals surface area (Å²) in [4.78, 5) is 23.0. The van der Waals surface area contributed by atoms with Gasteiger partial charge in [0, 0.05) is 12.1 Å². The van der Waals surface area contributed by atoms with Gasteiger partial charge in [-0.3, -0.25) is 9.59 Å². The summed E-state index contributed by atoms with van der Waals surface area (Å²) in [7, 11) is 0. The second-order valence-corrected chi connectivity index (χ2v) is 11.5. The molecule has 5 heteroatoms. The normalized spacial score (nSPS) is 12.3. The van der Waals surface area contributed by atoms with Gasteiger partial charge in [0.05, 0.1) is 6.42 Å². The minimum Gasteiger partial charge on any atom is -0.486 e. The van der Waals surface area contributed by atoms with E-state index in [1.807, 2.05) is 12.1 Å². The molecule has 1 unspecified atom stereocenters. The second kappa shape index (κ2) is 12.3. The minimum absolute atomic E-state index is 0.102. The van der Waals surface area contributed by atoms with Crippen molar-refractivity contribution >= 4 is 11.9 Å². The molecule has 0 aliphatic carbocycles. The lowest BCUT2D eigenvalue weighted by Gasteiger charge is -2.23. The van der Waals surface area contributed by atoms with Gasteiger partial charge in [-0.05, 0) is 89.2 Å². The summed E-state index contributed by atoms with van der Waals surface area (Å²) in [5.74, 6) is 0.0285. The quantitative estimate of drug-likeness (QED) is 0.291. The Morgan fingerprint density at radius 1 is 0.921 bits per heavy atom. The van der Waals surface area contributed by atoms with Gasteiger partial charge in [-0.15, -0.1) is 0 Å². The molecular formula is C33H41NO4. The predicted octanol–water partition coefficient (Wildman–Crippen LogP) is 7.64. The Balaban J connectivity index is 1.80. The van der Waals surface area contributed by atoms with Crippen molar-refractivity contribution in [3.8, 4) is 16.9 Å². The molecule has 0 heterocycles. The molecule has 0 saturated carbocycles. The van der Waals surface area contributed by atoms with Crippen molar-refractivity contribution in [1.29, 1.82) is 0 Å². The van der Waals surface area contributed by atoms with Gasteiger partial charge in [0.25, 0.3) is 5.91 Å². The van der Waals surface area contributed by atoms with Crippen molar-refractivity contribution in [3.63, 3.8) is 0 Å². The van der Waals surface area contributed by atoms with Crippen molar-refractivity contribution in [2.24, 2.45) is 5.92 Å². The maximum atomic E-state index is 12.3. The zero-order valence-corrected chi connectivity index (χ0v) is 23.7. The summed E-state index contributed by atoms with van der Waals surface area (Å²) in [5, 5.41) is 11.4. The molecular weight excluding hydrogens is 474 g/mol. The average Bonchev–Trinajstić information content (AvgIpc) is 2.82. The number of nitrogens with one attached hydrogen (secondary N) is 1. The van der Waals surface area contributed by atoms with Crippen LogP contribution in [0.25, 0.3) is 11.1 Å². The molecule has 3 rings (SSSR count). The zero-order valence-electron chi connectivity index (χ0n) is 23.7. The summed E-state index contributed by atoms with van der Waals surface area (Å²) in [5.41, 5.74) is 7.70. The van der Waals surface area contributed by atoms with Gasteiger partial charge in [-0.25, -0.2) is 0 Å². The van der Waals surface area contributed by atoms with Gasteiger partial charge in [-0.1, -0.05) is 71.0 Å². The largest absolute Gasteiger partial charge is 0.486 e. The Hall–Kier alpha value is -3.60. The van der Waals surface area contributed by atoms with Crippen molar-refractivity contribution < 1.29 is 19.4 Å². The van der Waals surface area contributed by atoms with E-state index >= 15 is 0 Å². The van der Waals surface area contributed by atoms with E-state index in [0.717, 1.165) is 17.7 Å². The number of benzene rings is 3. The van der Waals surface area contributed by atoms with Crippen molar-refractivity contribution in [3.05, 3.63) is 88.5 Å². The summed E-state index contributed by atoms with van der Waals surface area (Å²) in [6.45, 7) is 15.4. The first-order chi connectivity index (χ1) is 17.8. The van der Waals surface area contributed by atoms with Crippen molar-refractivity contribution in [1.82, 2.24) is 5.32 Å². The van der Waals surface area contributed by atoms with Crippen LogP contribution >= 0.6 is 0 Å². The molecule has 5 nitrogen and oxygen atoms in total. The molecule has 1 atom stereocenters. The number of hydrogen-bond acceptors (Lipinski definition) is 3. The number of hydrogen-bond donors (Lipinski definition) is 2. The Morgan fingerprint density at radius 3 is 2.00 bits per heavy atom. The highest BCUT2D eigenvalue weighted by molar-refractivity contribution is 5.94. The maximum Gasteiger partial charge on any atom is 0.305 e. The molecule has 2 N–H and O–H groups in total. The SMILES string of the molecule is Cc1cc(OC(CC(C)C)c2ccc(C(=O)NCCC(=O)O)cc2)cc(C)c1-c1ccc(C(C)(C)C)cc1. The molecule has 1 amide bonds. The van der Waals surface area contributed by atoms with E-state index in [-0.39, 0.29) is 30.4 Å². The molecule has 202 valence electrons. The van der Waals surface area contributed by atoms with Crippen LogP contribution in [-0.2, 0) is 10.2 Å². The Labute approximate surface area is 227 Å². The van der Waals surface area contributed by atoms with Gasteiger partial charge in [-0.2, -0.15) is 0 Å². The van der Waals surface area contributed by atoms with E-state index < -0.39 is 5.97 Å². The number of carboxylic acid groups (broad SMARTS) is 1. The van der Waals surface area contributed by atoms with Crippen LogP contribution in [0, 0.1) is 19.8 Å². The number of carbonyl (C=O) groups excluding carboxylic acids is 1. The molecule has 38 heavy (non-hydrogen) atoms. The Bertz CT molecular complexity index is 1230. The number of carbonyl (C=O) groups is 2. The van der Waals surface area contributed by atoms with Crippen LogP contribution < -0.4 is 10.1 Å². The van der Waals surface area contributed by atoms with Crippen LogP contribution in [0.3, 0.4) is 0 Å². The van der Waals surface area contributed by atoms with Gasteiger partial charge < -0.3 is 15.2 Å². The van der Waals surface area contributed by atoms with E-state index in [1.54, 1.807) is 12.1 Å². The number of carboxylic acids is 1. The molecule has 3 aromatic rings. The fourth-order valence-corrected chi connectivity index (χ4v) is 4.66. The number of aryl methyl sites for hydroxylation is 2. The third-order valence-corrected chi connectivity index (χ3v) is 6.68. The van der Waals surface area contributed by atoms with Gasteiger partial charge in [0.15, 0.2) is 0 Å². The van der Waals surface area contributed by atoms with Gasteiger partial charge in [0.1, 0.15) is 11.9 Å². The lowest BCUT2D eigenvalue weighted by atomic mass is 9.85. The van der Waals surface area contributed by atoms with Gasteiger partial charge >= 0.3 is 5.97 Å². The standard InChI is InChI=1S/C33H41NO4/c1-21(2)18-29(24-8-10-26(11-9-24)32(37)34-17-16-30(35)36)38-28-19-22(3)31(23(4)20-28)25-12-14-27(15-13-25)33(5,6)7/h8-15,19-21,29H,16-18H2,1-7H3,(H,34,37)(H,35,36). The predicted molar refractivity (Wildman–Crippen MR) is 154 cm³/mol. The van der Waals surface area contributed by atoms with E-state index in [2.05, 4.69) is 90.2 Å². The van der Waals surface area contributed by atoms with E-state index in [0.29, 0.717) is 11.5 Å².